The summed E-state index contributed by atoms with van der Waals surface area (Å²) >= 11 is 0. The first-order valence-electron chi connectivity index (χ1n) is 8.47. The van der Waals surface area contributed by atoms with Crippen LogP contribution in [0.15, 0.2) is 51.9 Å². The van der Waals surface area contributed by atoms with Gasteiger partial charge in [0.15, 0.2) is 0 Å². The molecule has 27 heavy (non-hydrogen) atoms. The molecule has 8 nitrogen and oxygen atoms in total. The number of rotatable bonds is 3. The zero-order valence-corrected chi connectivity index (χ0v) is 14.3. The Kier molecular flexibility index (Phi) is 4.29. The number of amides is 2. The molecule has 0 radical (unpaired) electrons. The van der Waals surface area contributed by atoms with Gasteiger partial charge in [-0.2, -0.15) is 0 Å². The van der Waals surface area contributed by atoms with Gasteiger partial charge >= 0.3 is 0 Å². The number of nitrogens with one attached hydrogen (secondary N) is 2. The van der Waals surface area contributed by atoms with Gasteiger partial charge in [0.2, 0.25) is 0 Å². The van der Waals surface area contributed by atoms with Gasteiger partial charge in [-0.1, -0.05) is 0 Å². The number of hydrogen-bond donors (Lipinski definition) is 2. The largest absolute Gasteiger partial charge is 0.465 e. The molecule has 2 aromatic heterocycles. The summed E-state index contributed by atoms with van der Waals surface area (Å²) in [5, 5.41) is 0.475. The highest BCUT2D eigenvalue weighted by Crippen LogP contribution is 2.16. The minimum Gasteiger partial charge on any atom is -0.465 e. The molecule has 2 amide bonds. The summed E-state index contributed by atoms with van der Waals surface area (Å²) in [7, 11) is 0. The van der Waals surface area contributed by atoms with E-state index in [9.17, 15) is 14.4 Å². The number of carbonyl (C=O) groups is 2. The van der Waals surface area contributed by atoms with Gasteiger partial charge in [0.25, 0.3) is 17.4 Å². The van der Waals surface area contributed by atoms with Gasteiger partial charge in [0.1, 0.15) is 11.6 Å². The van der Waals surface area contributed by atoms with Crippen molar-refractivity contribution in [2.75, 3.05) is 0 Å². The number of hydrogen-bond acceptors (Lipinski definition) is 5. The minimum atomic E-state index is -0.505. The topological polar surface area (TPSA) is 106 Å². The lowest BCUT2D eigenvalue weighted by atomic mass is 10.1. The van der Waals surface area contributed by atoms with Gasteiger partial charge in [0, 0.05) is 24.6 Å². The van der Waals surface area contributed by atoms with Crippen molar-refractivity contribution in [3.05, 3.63) is 70.2 Å². The summed E-state index contributed by atoms with van der Waals surface area (Å²) in [6.45, 7) is 0.677. The van der Waals surface area contributed by atoms with Crippen molar-refractivity contribution in [1.82, 2.24) is 20.4 Å². The van der Waals surface area contributed by atoms with E-state index >= 15 is 0 Å². The van der Waals surface area contributed by atoms with Crippen molar-refractivity contribution in [2.45, 2.75) is 19.4 Å². The van der Waals surface area contributed by atoms with Gasteiger partial charge < -0.3 is 4.42 Å². The fourth-order valence-electron chi connectivity index (χ4n) is 3.00. The van der Waals surface area contributed by atoms with E-state index in [1.54, 1.807) is 28.8 Å². The lowest BCUT2D eigenvalue weighted by Gasteiger charge is -2.08. The molecule has 1 aliphatic rings. The van der Waals surface area contributed by atoms with Crippen LogP contribution in [0.2, 0.25) is 0 Å². The standard InChI is InChI=1S/C19H16N4O4/c24-17(8-6-13-3-2-10-27-13)21-22-18(25)12-5-7-14-15(11-12)20-16-4-1-9-23(16)19(14)26/h2-3,5-8,10-11H,1,4,9H2,(H,21,24)(H,22,25)/b8-6+. The molecule has 1 aromatic carbocycles. The number of benzene rings is 1. The van der Waals surface area contributed by atoms with E-state index < -0.39 is 11.8 Å². The van der Waals surface area contributed by atoms with Crippen LogP contribution in [0.25, 0.3) is 17.0 Å². The molecule has 0 atom stereocenters. The highest BCUT2D eigenvalue weighted by molar-refractivity contribution is 5.99. The first-order valence-corrected chi connectivity index (χ1v) is 8.47. The van der Waals surface area contributed by atoms with Crippen LogP contribution in [0.5, 0.6) is 0 Å². The smallest absolute Gasteiger partial charge is 0.269 e. The van der Waals surface area contributed by atoms with Crippen molar-refractivity contribution >= 4 is 28.8 Å². The zero-order valence-electron chi connectivity index (χ0n) is 14.3. The van der Waals surface area contributed by atoms with Crippen molar-refractivity contribution < 1.29 is 14.0 Å². The summed E-state index contributed by atoms with van der Waals surface area (Å²) < 4.78 is 6.75. The highest BCUT2D eigenvalue weighted by atomic mass is 16.3. The maximum absolute atomic E-state index is 12.4. The van der Waals surface area contributed by atoms with Crippen molar-refractivity contribution in [3.8, 4) is 0 Å². The Bertz CT molecular complexity index is 1110. The first kappa shape index (κ1) is 16.8. The van der Waals surface area contributed by atoms with Crippen molar-refractivity contribution in [2.24, 2.45) is 0 Å². The molecule has 0 saturated heterocycles. The van der Waals surface area contributed by atoms with Gasteiger partial charge in [-0.25, -0.2) is 4.98 Å². The van der Waals surface area contributed by atoms with E-state index in [0.29, 0.717) is 28.8 Å². The van der Waals surface area contributed by atoms with E-state index in [1.807, 2.05) is 0 Å². The molecule has 4 rings (SSSR count). The third-order valence-corrected chi connectivity index (χ3v) is 4.32. The van der Waals surface area contributed by atoms with Crippen LogP contribution >= 0.6 is 0 Å². The SMILES string of the molecule is O=C(/C=C/c1ccco1)NNC(=O)c1ccc2c(=O)n3c(nc2c1)CCC3. The summed E-state index contributed by atoms with van der Waals surface area (Å²) in [5.41, 5.74) is 5.31. The average molecular weight is 364 g/mol. The number of aromatic nitrogens is 2. The van der Waals surface area contributed by atoms with E-state index in [0.717, 1.165) is 18.7 Å². The van der Waals surface area contributed by atoms with Crippen LogP contribution in [0.4, 0.5) is 0 Å². The van der Waals surface area contributed by atoms with Gasteiger partial charge in [0.05, 0.1) is 17.2 Å². The number of furan rings is 1. The molecule has 2 N–H and O–H groups in total. The lowest BCUT2D eigenvalue weighted by Crippen LogP contribution is -2.40. The molecule has 3 heterocycles. The average Bonchev–Trinajstić information content (AvgIpc) is 3.36. The molecule has 0 unspecified atom stereocenters. The maximum atomic E-state index is 12.4. The number of carbonyl (C=O) groups excluding carboxylic acids is 2. The van der Waals surface area contributed by atoms with Crippen LogP contribution in [-0.4, -0.2) is 21.4 Å². The Morgan fingerprint density at radius 1 is 1.22 bits per heavy atom. The molecular formula is C19H16N4O4. The summed E-state index contributed by atoms with van der Waals surface area (Å²) in [5.74, 6) is 0.256. The molecule has 1 aliphatic heterocycles. The third kappa shape index (κ3) is 3.37. The minimum absolute atomic E-state index is 0.0872. The van der Waals surface area contributed by atoms with E-state index in [2.05, 4.69) is 15.8 Å². The zero-order chi connectivity index (χ0) is 18.8. The Labute approximate surface area is 153 Å². The Hall–Kier alpha value is -3.68. The molecule has 0 saturated carbocycles. The van der Waals surface area contributed by atoms with Crippen LogP contribution < -0.4 is 16.4 Å². The summed E-state index contributed by atoms with van der Waals surface area (Å²) in [4.78, 5) is 40.9. The van der Waals surface area contributed by atoms with Crippen LogP contribution in [0.3, 0.4) is 0 Å². The van der Waals surface area contributed by atoms with Gasteiger partial charge in [-0.3, -0.25) is 29.8 Å². The second kappa shape index (κ2) is 6.91. The first-order chi connectivity index (χ1) is 13.1. The number of aryl methyl sites for hydroxylation is 1. The van der Waals surface area contributed by atoms with Gasteiger partial charge in [-0.15, -0.1) is 0 Å². The fraction of sp³-hybridized carbons (Fsp3) is 0.158. The molecule has 3 aromatic rings. The molecule has 0 spiro atoms. The number of hydrazine groups is 1. The van der Waals surface area contributed by atoms with E-state index in [-0.39, 0.29) is 5.56 Å². The molecule has 0 fully saturated rings. The molecule has 8 heteroatoms. The summed E-state index contributed by atoms with van der Waals surface area (Å²) in [6, 6.07) is 8.07. The second-order valence-electron chi connectivity index (χ2n) is 6.11. The van der Waals surface area contributed by atoms with E-state index in [1.165, 1.54) is 24.5 Å². The van der Waals surface area contributed by atoms with Crippen LogP contribution in [-0.2, 0) is 17.8 Å². The maximum Gasteiger partial charge on any atom is 0.269 e. The normalized spacial score (nSPS) is 13.0. The Morgan fingerprint density at radius 2 is 2.11 bits per heavy atom. The van der Waals surface area contributed by atoms with E-state index in [4.69, 9.17) is 4.42 Å². The molecule has 0 aliphatic carbocycles. The fourth-order valence-corrected chi connectivity index (χ4v) is 3.00. The second-order valence-corrected chi connectivity index (χ2v) is 6.11. The number of fused-ring (bicyclic) bond motifs is 2. The third-order valence-electron chi connectivity index (χ3n) is 4.32. The van der Waals surface area contributed by atoms with Crippen LogP contribution in [0.1, 0.15) is 28.4 Å². The lowest BCUT2D eigenvalue weighted by molar-refractivity contribution is -0.117. The molecule has 0 bridgehead atoms. The monoisotopic (exact) mass is 364 g/mol. The Balaban J connectivity index is 1.47. The number of nitrogens with zero attached hydrogens (tertiary/aromatic N) is 2. The predicted molar refractivity (Wildman–Crippen MR) is 97.7 cm³/mol. The highest BCUT2D eigenvalue weighted by Gasteiger charge is 2.17. The molecule has 136 valence electrons. The van der Waals surface area contributed by atoms with Gasteiger partial charge in [-0.05, 0) is 42.8 Å². The van der Waals surface area contributed by atoms with Crippen molar-refractivity contribution in [1.29, 1.82) is 0 Å². The summed E-state index contributed by atoms with van der Waals surface area (Å²) in [6.07, 6.45) is 5.86. The van der Waals surface area contributed by atoms with Crippen molar-refractivity contribution in [3.63, 3.8) is 0 Å². The molecular weight excluding hydrogens is 348 g/mol. The van der Waals surface area contributed by atoms with Crippen LogP contribution in [0, 0.1) is 0 Å². The predicted octanol–water partition coefficient (Wildman–Crippen LogP) is 1.41. The Morgan fingerprint density at radius 3 is 2.93 bits per heavy atom. The quantitative estimate of drug-likeness (QED) is 0.540.